The zero-order valence-electron chi connectivity index (χ0n) is 29.6. The van der Waals surface area contributed by atoms with Crippen LogP contribution in [-0.4, -0.2) is 120 Å². The number of non-ortho nitro benzene ring substituents is 1. The Kier molecular flexibility index (Phi) is 16.1. The van der Waals surface area contributed by atoms with Gasteiger partial charge in [0.15, 0.2) is 0 Å². The molecular weight excluding hydrogens is 761 g/mol. The van der Waals surface area contributed by atoms with E-state index in [1.165, 1.54) is 17.0 Å². The fraction of sp³-hybridized carbons (Fsp3) is 0.514. The van der Waals surface area contributed by atoms with Crippen molar-refractivity contribution in [2.45, 2.75) is 49.4 Å². The molecule has 292 valence electrons. The molecule has 0 aliphatic carbocycles. The molecule has 0 spiro atoms. The van der Waals surface area contributed by atoms with Gasteiger partial charge >= 0.3 is 6.03 Å². The van der Waals surface area contributed by atoms with Gasteiger partial charge < -0.3 is 39.9 Å². The highest BCUT2D eigenvalue weighted by atomic mass is 32.2. The number of furan rings is 1. The number of unbranched alkanes of at least 4 members (excludes halogenated alkanes) is 1. The summed E-state index contributed by atoms with van der Waals surface area (Å²) < 4.78 is 22.6. The second-order valence-electron chi connectivity index (χ2n) is 12.5. The number of hydrogen-bond acceptors (Lipinski definition) is 13. The molecule has 3 atom stereocenters. The molecule has 5 rings (SSSR count). The lowest BCUT2D eigenvalue weighted by Crippen LogP contribution is -2.36. The number of ether oxygens (including phenoxy) is 3. The molecule has 4 heterocycles. The number of carbonyl (C=O) groups is 4. The van der Waals surface area contributed by atoms with E-state index in [1.54, 1.807) is 30.3 Å². The SMILES string of the molecule is O=C(CCCCC1SCC2NC(=O)NC21)NCCOCCOCCOCCNC(=O)CCN1C(=O)/C(=C/c2ccc(-c3ccc([N+](=O)[O-])cc3)o2)SC1=S. The van der Waals surface area contributed by atoms with E-state index >= 15 is 0 Å². The van der Waals surface area contributed by atoms with Crippen LogP contribution in [0.15, 0.2) is 45.7 Å². The van der Waals surface area contributed by atoms with Gasteiger partial charge in [-0.15, -0.1) is 0 Å². The fourth-order valence-electron chi connectivity index (χ4n) is 5.89. The number of thiocarbonyl (C=S) groups is 1. The number of carbonyl (C=O) groups excluding carboxylic acids is 4. The molecule has 19 heteroatoms. The fourth-order valence-corrected chi connectivity index (χ4v) is 8.72. The molecule has 0 bridgehead atoms. The minimum atomic E-state index is -0.475. The third-order valence-corrected chi connectivity index (χ3v) is 11.5. The van der Waals surface area contributed by atoms with Gasteiger partial charge in [-0.3, -0.25) is 29.4 Å². The number of nitrogens with zero attached hydrogens (tertiary/aromatic N) is 2. The molecule has 5 amide bonds. The van der Waals surface area contributed by atoms with Crippen LogP contribution >= 0.6 is 35.7 Å². The number of fused-ring (bicyclic) bond motifs is 1. The molecule has 2 aromatic rings. The second-order valence-corrected chi connectivity index (χ2v) is 15.4. The first-order valence-corrected chi connectivity index (χ1v) is 20.0. The van der Waals surface area contributed by atoms with Crippen molar-refractivity contribution in [2.24, 2.45) is 0 Å². The molecule has 3 aliphatic rings. The third-order valence-electron chi connectivity index (χ3n) is 8.66. The lowest BCUT2D eigenvalue weighted by molar-refractivity contribution is -0.384. The first kappa shape index (κ1) is 41.2. The summed E-state index contributed by atoms with van der Waals surface area (Å²) >= 11 is 8.37. The van der Waals surface area contributed by atoms with Crippen LogP contribution in [0.5, 0.6) is 0 Å². The first-order chi connectivity index (χ1) is 26.2. The van der Waals surface area contributed by atoms with Crippen LogP contribution in [0.3, 0.4) is 0 Å². The summed E-state index contributed by atoms with van der Waals surface area (Å²) in [4.78, 5) is 61.0. The number of benzene rings is 1. The summed E-state index contributed by atoms with van der Waals surface area (Å²) in [5.41, 5.74) is 0.635. The summed E-state index contributed by atoms with van der Waals surface area (Å²) in [5.74, 6) is 1.31. The van der Waals surface area contributed by atoms with E-state index in [-0.39, 0.29) is 54.5 Å². The van der Waals surface area contributed by atoms with E-state index in [1.807, 2.05) is 11.8 Å². The quantitative estimate of drug-likeness (QED) is 0.0318. The van der Waals surface area contributed by atoms with Gasteiger partial charge in [-0.25, -0.2) is 4.79 Å². The summed E-state index contributed by atoms with van der Waals surface area (Å²) in [6, 6.07) is 9.71. The standard InChI is InChI=1S/C35H44N6O10S3/c42-30(4-2-1-3-28-32-26(22-53-28)38-34(45)39-32)36-12-15-48-17-19-50-20-18-49-16-13-37-31(43)11-14-40-33(44)29(54-35(40)52)21-25-9-10-27(51-25)23-5-7-24(8-6-23)41(46)47/h5-10,21,26,28,32H,1-4,11-20,22H2,(H,36,42)(H,37,43)(H2,38,39,45)/b29-21-. The van der Waals surface area contributed by atoms with Crippen LogP contribution in [0.1, 0.15) is 37.9 Å². The number of hydrogen-bond donors (Lipinski definition) is 4. The highest BCUT2D eigenvalue weighted by Crippen LogP contribution is 2.35. The summed E-state index contributed by atoms with van der Waals surface area (Å²) in [5, 5.41) is 22.9. The van der Waals surface area contributed by atoms with Crippen molar-refractivity contribution in [1.82, 2.24) is 26.2 Å². The Labute approximate surface area is 326 Å². The monoisotopic (exact) mass is 804 g/mol. The Hall–Kier alpha value is -4.01. The number of urea groups is 1. The van der Waals surface area contributed by atoms with Crippen molar-refractivity contribution in [3.8, 4) is 11.3 Å². The Balaban J connectivity index is 0.819. The Morgan fingerprint density at radius 2 is 1.61 bits per heavy atom. The first-order valence-electron chi connectivity index (χ1n) is 17.7. The smallest absolute Gasteiger partial charge is 0.315 e. The van der Waals surface area contributed by atoms with Gasteiger partial charge in [0.05, 0.1) is 61.6 Å². The lowest BCUT2D eigenvalue weighted by atomic mass is 10.0. The van der Waals surface area contributed by atoms with Crippen molar-refractivity contribution in [1.29, 1.82) is 0 Å². The topological polar surface area (TPSA) is 204 Å². The van der Waals surface area contributed by atoms with E-state index in [2.05, 4.69) is 21.3 Å². The van der Waals surface area contributed by atoms with Crippen molar-refractivity contribution in [2.75, 3.05) is 65.0 Å². The normalized spacial score (nSPS) is 19.9. The van der Waals surface area contributed by atoms with Crippen LogP contribution in [0.2, 0.25) is 0 Å². The van der Waals surface area contributed by atoms with Crippen molar-refractivity contribution >= 4 is 75.6 Å². The van der Waals surface area contributed by atoms with E-state index in [0.29, 0.717) is 90.7 Å². The van der Waals surface area contributed by atoms with Gasteiger partial charge in [-0.1, -0.05) is 30.4 Å². The molecule has 3 aliphatic heterocycles. The molecule has 1 aromatic heterocycles. The Morgan fingerprint density at radius 1 is 0.944 bits per heavy atom. The minimum Gasteiger partial charge on any atom is -0.457 e. The van der Waals surface area contributed by atoms with Gasteiger partial charge in [0, 0.05) is 67.3 Å². The Bertz CT molecular complexity index is 1670. The maximum Gasteiger partial charge on any atom is 0.315 e. The molecule has 0 saturated carbocycles. The van der Waals surface area contributed by atoms with Gasteiger partial charge in [0.25, 0.3) is 11.6 Å². The number of nitro benzene ring substituents is 1. The average molecular weight is 805 g/mol. The molecule has 0 radical (unpaired) electrons. The molecule has 16 nitrogen and oxygen atoms in total. The van der Waals surface area contributed by atoms with Gasteiger partial charge in [-0.2, -0.15) is 11.8 Å². The molecule has 3 saturated heterocycles. The molecule has 3 fully saturated rings. The lowest BCUT2D eigenvalue weighted by Gasteiger charge is -2.16. The van der Waals surface area contributed by atoms with Crippen LogP contribution in [0, 0.1) is 10.1 Å². The number of amides is 5. The Morgan fingerprint density at radius 3 is 2.30 bits per heavy atom. The largest absolute Gasteiger partial charge is 0.457 e. The van der Waals surface area contributed by atoms with Crippen molar-refractivity contribution in [3.05, 3.63) is 57.2 Å². The number of rotatable bonds is 23. The number of nitrogens with one attached hydrogen (secondary N) is 4. The number of nitro groups is 1. The highest BCUT2D eigenvalue weighted by molar-refractivity contribution is 8.26. The van der Waals surface area contributed by atoms with E-state index < -0.39 is 4.92 Å². The molecule has 4 N–H and O–H groups in total. The maximum absolute atomic E-state index is 13.0. The minimum absolute atomic E-state index is 0.00859. The zero-order chi connectivity index (χ0) is 38.3. The maximum atomic E-state index is 13.0. The summed E-state index contributed by atoms with van der Waals surface area (Å²) in [7, 11) is 0. The van der Waals surface area contributed by atoms with Crippen LogP contribution in [0.4, 0.5) is 10.5 Å². The predicted molar refractivity (Wildman–Crippen MR) is 208 cm³/mol. The summed E-state index contributed by atoms with van der Waals surface area (Å²) in [6.45, 7) is 3.08. The van der Waals surface area contributed by atoms with Crippen molar-refractivity contribution in [3.63, 3.8) is 0 Å². The zero-order valence-corrected chi connectivity index (χ0v) is 32.0. The van der Waals surface area contributed by atoms with Crippen LogP contribution in [-0.2, 0) is 28.6 Å². The molecule has 54 heavy (non-hydrogen) atoms. The average Bonchev–Trinajstić information content (AvgIpc) is 3.93. The second kappa shape index (κ2) is 21.2. The van der Waals surface area contributed by atoms with E-state index in [0.717, 1.165) is 36.8 Å². The number of thioether (sulfide) groups is 2. The van der Waals surface area contributed by atoms with E-state index in [9.17, 15) is 29.3 Å². The summed E-state index contributed by atoms with van der Waals surface area (Å²) in [6.07, 6.45) is 4.87. The van der Waals surface area contributed by atoms with Gasteiger partial charge in [-0.05, 0) is 37.1 Å². The van der Waals surface area contributed by atoms with Gasteiger partial charge in [0.1, 0.15) is 15.8 Å². The molecular formula is C35H44N6O10S3. The van der Waals surface area contributed by atoms with Crippen LogP contribution in [0.25, 0.3) is 17.4 Å². The predicted octanol–water partition coefficient (Wildman–Crippen LogP) is 3.45. The highest BCUT2D eigenvalue weighted by Gasteiger charge is 2.42. The van der Waals surface area contributed by atoms with Gasteiger partial charge in [0.2, 0.25) is 11.8 Å². The van der Waals surface area contributed by atoms with Crippen molar-refractivity contribution < 1.29 is 42.7 Å². The third kappa shape index (κ3) is 12.5. The molecule has 3 unspecified atom stereocenters. The van der Waals surface area contributed by atoms with Crippen LogP contribution < -0.4 is 21.3 Å². The molecule has 1 aromatic carbocycles. The van der Waals surface area contributed by atoms with E-state index in [4.69, 9.17) is 30.8 Å².